The van der Waals surface area contributed by atoms with Crippen LogP contribution in [0.15, 0.2) is 36.4 Å². The number of hydrogen-bond acceptors (Lipinski definition) is 4. The number of methoxy groups -OCH3 is 2. The highest BCUT2D eigenvalue weighted by Gasteiger charge is 2.32. The first-order chi connectivity index (χ1) is 13.0. The van der Waals surface area contributed by atoms with Gasteiger partial charge in [0.1, 0.15) is 17.3 Å². The van der Waals surface area contributed by atoms with E-state index in [4.69, 9.17) is 14.2 Å². The molecular weight excluding hydrogens is 356 g/mol. The Bertz CT molecular complexity index is 828. The van der Waals surface area contributed by atoms with Crippen molar-refractivity contribution in [3.05, 3.63) is 53.6 Å². The third kappa shape index (κ3) is 4.13. The minimum absolute atomic E-state index is 0.150. The summed E-state index contributed by atoms with van der Waals surface area (Å²) in [5, 5.41) is 0. The minimum Gasteiger partial charge on any atom is -0.497 e. The summed E-state index contributed by atoms with van der Waals surface area (Å²) in [5.74, 6) is -0.636. The van der Waals surface area contributed by atoms with Gasteiger partial charge >= 0.3 is 0 Å². The first kappa shape index (κ1) is 18.9. The molecule has 1 atom stereocenters. The van der Waals surface area contributed by atoms with Gasteiger partial charge in [0, 0.05) is 24.2 Å². The van der Waals surface area contributed by atoms with Crippen molar-refractivity contribution in [2.45, 2.75) is 18.9 Å². The standard InChI is InChI=1S/C20H21F2NO4/c1-25-14-6-7-15(19(11-14)26-2)17-4-3-9-23(17)20(24)12-27-18-8-5-13(21)10-16(18)22/h5-8,10-11,17H,3-4,9,12H2,1-2H3. The quantitative estimate of drug-likeness (QED) is 0.770. The van der Waals surface area contributed by atoms with E-state index in [0.29, 0.717) is 18.0 Å². The van der Waals surface area contributed by atoms with E-state index in [0.717, 1.165) is 30.5 Å². The molecule has 1 heterocycles. The summed E-state index contributed by atoms with van der Waals surface area (Å²) in [6.07, 6.45) is 1.63. The molecule has 0 spiro atoms. The summed E-state index contributed by atoms with van der Waals surface area (Å²) in [7, 11) is 3.14. The number of ether oxygens (including phenoxy) is 3. The van der Waals surface area contributed by atoms with E-state index >= 15 is 0 Å². The Kier molecular flexibility index (Phi) is 5.78. The van der Waals surface area contributed by atoms with E-state index < -0.39 is 11.6 Å². The van der Waals surface area contributed by atoms with Crippen molar-refractivity contribution in [3.63, 3.8) is 0 Å². The van der Waals surface area contributed by atoms with Crippen LogP contribution in [0.25, 0.3) is 0 Å². The van der Waals surface area contributed by atoms with Crippen LogP contribution in [0, 0.1) is 11.6 Å². The third-order valence-corrected chi connectivity index (χ3v) is 4.62. The van der Waals surface area contributed by atoms with Crippen molar-refractivity contribution in [3.8, 4) is 17.2 Å². The number of rotatable bonds is 6. The zero-order chi connectivity index (χ0) is 19.4. The van der Waals surface area contributed by atoms with E-state index in [2.05, 4.69) is 0 Å². The van der Waals surface area contributed by atoms with Crippen molar-refractivity contribution in [2.24, 2.45) is 0 Å². The Hall–Kier alpha value is -2.83. The highest BCUT2D eigenvalue weighted by Crippen LogP contribution is 2.38. The molecule has 0 radical (unpaired) electrons. The molecule has 0 saturated carbocycles. The van der Waals surface area contributed by atoms with E-state index in [1.54, 1.807) is 25.2 Å². The summed E-state index contributed by atoms with van der Waals surface area (Å²) >= 11 is 0. The summed E-state index contributed by atoms with van der Waals surface area (Å²) in [6.45, 7) is 0.255. The molecule has 1 aliphatic heterocycles. The lowest BCUT2D eigenvalue weighted by molar-refractivity contribution is -0.134. The van der Waals surface area contributed by atoms with Crippen molar-refractivity contribution < 1.29 is 27.8 Å². The van der Waals surface area contributed by atoms with Crippen LogP contribution in [0.2, 0.25) is 0 Å². The fraction of sp³-hybridized carbons (Fsp3) is 0.350. The zero-order valence-corrected chi connectivity index (χ0v) is 15.2. The number of benzene rings is 2. The second-order valence-electron chi connectivity index (χ2n) is 6.22. The topological polar surface area (TPSA) is 48.0 Å². The lowest BCUT2D eigenvalue weighted by Crippen LogP contribution is -2.34. The maximum absolute atomic E-state index is 13.7. The van der Waals surface area contributed by atoms with Crippen LogP contribution in [-0.2, 0) is 4.79 Å². The predicted molar refractivity (Wildman–Crippen MR) is 95.1 cm³/mol. The van der Waals surface area contributed by atoms with Gasteiger partial charge in [0.15, 0.2) is 18.2 Å². The largest absolute Gasteiger partial charge is 0.497 e. The van der Waals surface area contributed by atoms with Crippen molar-refractivity contribution >= 4 is 5.91 Å². The van der Waals surface area contributed by atoms with Gasteiger partial charge in [-0.25, -0.2) is 8.78 Å². The molecule has 1 fully saturated rings. The first-order valence-electron chi connectivity index (χ1n) is 8.62. The third-order valence-electron chi connectivity index (χ3n) is 4.62. The molecule has 2 aromatic carbocycles. The Balaban J connectivity index is 1.73. The highest BCUT2D eigenvalue weighted by molar-refractivity contribution is 5.78. The van der Waals surface area contributed by atoms with Gasteiger partial charge in [-0.15, -0.1) is 0 Å². The van der Waals surface area contributed by atoms with E-state index in [1.165, 1.54) is 6.07 Å². The molecule has 0 bridgehead atoms. The average molecular weight is 377 g/mol. The maximum Gasteiger partial charge on any atom is 0.261 e. The molecule has 1 unspecified atom stereocenters. The number of likely N-dealkylation sites (tertiary alicyclic amines) is 1. The highest BCUT2D eigenvalue weighted by atomic mass is 19.1. The fourth-order valence-electron chi connectivity index (χ4n) is 3.30. The van der Waals surface area contributed by atoms with Gasteiger partial charge in [0.2, 0.25) is 0 Å². The molecule has 7 heteroatoms. The molecule has 144 valence electrons. The lowest BCUT2D eigenvalue weighted by atomic mass is 10.0. The lowest BCUT2D eigenvalue weighted by Gasteiger charge is -2.26. The zero-order valence-electron chi connectivity index (χ0n) is 15.2. The summed E-state index contributed by atoms with van der Waals surface area (Å²) in [4.78, 5) is 14.3. The van der Waals surface area contributed by atoms with Crippen LogP contribution < -0.4 is 14.2 Å². The molecule has 1 aliphatic rings. The maximum atomic E-state index is 13.7. The molecule has 0 aliphatic carbocycles. The average Bonchev–Trinajstić information content (AvgIpc) is 3.16. The molecule has 1 saturated heterocycles. The number of halogens is 2. The molecule has 0 N–H and O–H groups in total. The fourth-order valence-corrected chi connectivity index (χ4v) is 3.30. The number of nitrogens with zero attached hydrogens (tertiary/aromatic N) is 1. The Morgan fingerprint density at radius 2 is 1.93 bits per heavy atom. The SMILES string of the molecule is COc1ccc(C2CCCN2C(=O)COc2ccc(F)cc2F)c(OC)c1. The molecular formula is C20H21F2NO4. The van der Waals surface area contributed by atoms with Gasteiger partial charge in [-0.1, -0.05) is 0 Å². The van der Waals surface area contributed by atoms with E-state index in [-0.39, 0.29) is 24.3 Å². The molecule has 2 aromatic rings. The number of carbonyl (C=O) groups excluding carboxylic acids is 1. The first-order valence-corrected chi connectivity index (χ1v) is 8.62. The van der Waals surface area contributed by atoms with Crippen molar-refractivity contribution in [2.75, 3.05) is 27.4 Å². The van der Waals surface area contributed by atoms with Crippen LogP contribution in [0.5, 0.6) is 17.2 Å². The number of carbonyl (C=O) groups is 1. The second kappa shape index (κ2) is 8.24. The van der Waals surface area contributed by atoms with Crippen LogP contribution >= 0.6 is 0 Å². The monoisotopic (exact) mass is 377 g/mol. The smallest absolute Gasteiger partial charge is 0.261 e. The van der Waals surface area contributed by atoms with Gasteiger partial charge < -0.3 is 19.1 Å². The predicted octanol–water partition coefficient (Wildman–Crippen LogP) is 3.72. The molecule has 3 rings (SSSR count). The van der Waals surface area contributed by atoms with E-state index in [1.807, 2.05) is 12.1 Å². The van der Waals surface area contributed by atoms with Gasteiger partial charge in [0.05, 0.1) is 20.3 Å². The Labute approximate surface area is 156 Å². The van der Waals surface area contributed by atoms with Gasteiger partial charge in [-0.3, -0.25) is 4.79 Å². The van der Waals surface area contributed by atoms with Gasteiger partial charge in [-0.05, 0) is 37.1 Å². The Morgan fingerprint density at radius 1 is 1.11 bits per heavy atom. The van der Waals surface area contributed by atoms with Crippen LogP contribution in [0.1, 0.15) is 24.4 Å². The van der Waals surface area contributed by atoms with Crippen LogP contribution in [0.4, 0.5) is 8.78 Å². The summed E-state index contributed by atoms with van der Waals surface area (Å²) in [5.41, 5.74) is 0.886. The summed E-state index contributed by atoms with van der Waals surface area (Å²) < 4.78 is 42.6. The van der Waals surface area contributed by atoms with Crippen LogP contribution in [-0.4, -0.2) is 38.2 Å². The van der Waals surface area contributed by atoms with E-state index in [9.17, 15) is 13.6 Å². The van der Waals surface area contributed by atoms with Crippen molar-refractivity contribution in [1.29, 1.82) is 0 Å². The minimum atomic E-state index is -0.836. The summed E-state index contributed by atoms with van der Waals surface area (Å²) in [6, 6.07) is 8.31. The van der Waals surface area contributed by atoms with Gasteiger partial charge in [0.25, 0.3) is 5.91 Å². The molecule has 0 aromatic heterocycles. The molecule has 1 amide bonds. The van der Waals surface area contributed by atoms with Gasteiger partial charge in [-0.2, -0.15) is 0 Å². The number of hydrogen-bond donors (Lipinski definition) is 0. The normalized spacial score (nSPS) is 16.3. The number of amides is 1. The molecule has 5 nitrogen and oxygen atoms in total. The van der Waals surface area contributed by atoms with Crippen LogP contribution in [0.3, 0.4) is 0 Å². The molecule has 27 heavy (non-hydrogen) atoms. The van der Waals surface area contributed by atoms with Crippen molar-refractivity contribution in [1.82, 2.24) is 4.90 Å². The second-order valence-corrected chi connectivity index (χ2v) is 6.22. The Morgan fingerprint density at radius 3 is 2.63 bits per heavy atom.